The van der Waals surface area contributed by atoms with Gasteiger partial charge in [-0.1, -0.05) is 36.4 Å². The molecule has 5 rings (SSSR count). The number of aryl methyl sites for hydroxylation is 2. The van der Waals surface area contributed by atoms with Crippen molar-refractivity contribution in [2.45, 2.75) is 52.0 Å². The van der Waals surface area contributed by atoms with E-state index >= 15 is 0 Å². The van der Waals surface area contributed by atoms with E-state index in [1.165, 1.54) is 46.2 Å². The van der Waals surface area contributed by atoms with Crippen LogP contribution in [0.15, 0.2) is 42.5 Å². The zero-order valence-electron chi connectivity index (χ0n) is 18.1. The lowest BCUT2D eigenvalue weighted by Gasteiger charge is -2.35. The fourth-order valence-electron chi connectivity index (χ4n) is 5.18. The summed E-state index contributed by atoms with van der Waals surface area (Å²) in [6.45, 7) is 5.10. The van der Waals surface area contributed by atoms with Crippen LogP contribution in [0.4, 0.5) is 5.82 Å². The molecule has 0 radical (unpaired) electrons. The summed E-state index contributed by atoms with van der Waals surface area (Å²) in [6, 6.07) is 15.1. The third-order valence-electron chi connectivity index (χ3n) is 6.71. The van der Waals surface area contributed by atoms with Crippen LogP contribution in [0.3, 0.4) is 0 Å². The number of anilines is 1. The average molecular weight is 400 g/mol. The number of nitrogens with zero attached hydrogens (tertiary/aromatic N) is 3. The van der Waals surface area contributed by atoms with Crippen molar-refractivity contribution in [1.82, 2.24) is 10.2 Å². The first kappa shape index (κ1) is 19.1. The molecule has 30 heavy (non-hydrogen) atoms. The Morgan fingerprint density at radius 2 is 1.63 bits per heavy atom. The van der Waals surface area contributed by atoms with Crippen molar-refractivity contribution in [2.75, 3.05) is 18.6 Å². The Balaban J connectivity index is 1.61. The van der Waals surface area contributed by atoms with Crippen molar-refractivity contribution in [3.63, 3.8) is 0 Å². The summed E-state index contributed by atoms with van der Waals surface area (Å²) in [4.78, 5) is 2.34. The van der Waals surface area contributed by atoms with Gasteiger partial charge in [0.25, 0.3) is 0 Å². The van der Waals surface area contributed by atoms with Crippen LogP contribution >= 0.6 is 0 Å². The molecule has 2 heterocycles. The number of hydrogen-bond acceptors (Lipinski definition) is 4. The second-order valence-electron chi connectivity index (χ2n) is 8.60. The van der Waals surface area contributed by atoms with Gasteiger partial charge in [0.1, 0.15) is 5.75 Å². The van der Waals surface area contributed by atoms with E-state index in [9.17, 15) is 0 Å². The highest BCUT2D eigenvalue weighted by atomic mass is 16.5. The van der Waals surface area contributed by atoms with Crippen molar-refractivity contribution in [2.24, 2.45) is 0 Å². The minimum Gasteiger partial charge on any atom is -0.493 e. The minimum atomic E-state index is 0.265. The molecule has 1 unspecified atom stereocenters. The van der Waals surface area contributed by atoms with E-state index in [1.807, 2.05) is 6.07 Å². The molecule has 4 nitrogen and oxygen atoms in total. The van der Waals surface area contributed by atoms with Crippen LogP contribution in [0.5, 0.6) is 5.75 Å². The predicted molar refractivity (Wildman–Crippen MR) is 121 cm³/mol. The highest BCUT2D eigenvalue weighted by Crippen LogP contribution is 2.41. The molecular weight excluding hydrogens is 370 g/mol. The summed E-state index contributed by atoms with van der Waals surface area (Å²) in [5, 5.41) is 9.67. The topological polar surface area (TPSA) is 38.2 Å². The van der Waals surface area contributed by atoms with E-state index in [4.69, 9.17) is 14.9 Å². The van der Waals surface area contributed by atoms with Gasteiger partial charge < -0.3 is 9.64 Å². The summed E-state index contributed by atoms with van der Waals surface area (Å²) in [7, 11) is 2.17. The van der Waals surface area contributed by atoms with Crippen LogP contribution in [-0.4, -0.2) is 23.9 Å². The zero-order chi connectivity index (χ0) is 20.7. The van der Waals surface area contributed by atoms with Gasteiger partial charge in [-0.25, -0.2) is 0 Å². The van der Waals surface area contributed by atoms with Gasteiger partial charge in [-0.2, -0.15) is 0 Å². The Morgan fingerprint density at radius 1 is 0.900 bits per heavy atom. The molecule has 154 valence electrons. The minimum absolute atomic E-state index is 0.265. The highest BCUT2D eigenvalue weighted by molar-refractivity contribution is 5.73. The van der Waals surface area contributed by atoms with Gasteiger partial charge in [0.15, 0.2) is 5.82 Å². The summed E-state index contributed by atoms with van der Waals surface area (Å²) in [6.07, 6.45) is 5.56. The Hall–Kier alpha value is -2.88. The zero-order valence-corrected chi connectivity index (χ0v) is 18.1. The Labute approximate surface area is 178 Å². The molecule has 0 bridgehead atoms. The third kappa shape index (κ3) is 3.15. The quantitative estimate of drug-likeness (QED) is 0.575. The maximum Gasteiger partial charge on any atom is 0.155 e. The van der Waals surface area contributed by atoms with Crippen molar-refractivity contribution < 1.29 is 4.74 Å². The molecule has 0 amide bonds. The van der Waals surface area contributed by atoms with Crippen molar-refractivity contribution >= 4 is 5.82 Å². The average Bonchev–Trinajstić information content (AvgIpc) is 2.78. The van der Waals surface area contributed by atoms with E-state index < -0.39 is 0 Å². The maximum absolute atomic E-state index is 5.89. The summed E-state index contributed by atoms with van der Waals surface area (Å²) < 4.78 is 5.89. The van der Waals surface area contributed by atoms with E-state index in [0.717, 1.165) is 43.1 Å². The van der Waals surface area contributed by atoms with Gasteiger partial charge in [0.05, 0.1) is 18.3 Å². The van der Waals surface area contributed by atoms with Crippen molar-refractivity contribution in [3.05, 3.63) is 70.3 Å². The summed E-state index contributed by atoms with van der Waals surface area (Å²) in [5.41, 5.74) is 8.93. The number of ether oxygens (including phenoxy) is 1. The van der Waals surface area contributed by atoms with Crippen LogP contribution in [0.1, 0.15) is 53.1 Å². The molecule has 2 aliphatic rings. The number of fused-ring (bicyclic) bond motifs is 2. The Morgan fingerprint density at radius 3 is 2.43 bits per heavy atom. The normalized spacial score (nSPS) is 17.6. The lowest BCUT2D eigenvalue weighted by atomic mass is 9.86. The first-order valence-corrected chi connectivity index (χ1v) is 11.0. The molecule has 1 aromatic heterocycles. The lowest BCUT2D eigenvalue weighted by Crippen LogP contribution is -2.31. The predicted octanol–water partition coefficient (Wildman–Crippen LogP) is 5.60. The van der Waals surface area contributed by atoms with Gasteiger partial charge >= 0.3 is 0 Å². The van der Waals surface area contributed by atoms with Crippen LogP contribution in [0, 0.1) is 13.8 Å². The number of rotatable bonds is 3. The van der Waals surface area contributed by atoms with Gasteiger partial charge in [-0.15, -0.1) is 10.2 Å². The van der Waals surface area contributed by atoms with Crippen molar-refractivity contribution in [3.8, 4) is 17.0 Å². The molecule has 0 N–H and O–H groups in total. The second-order valence-corrected chi connectivity index (χ2v) is 8.60. The number of aromatic nitrogens is 2. The first-order chi connectivity index (χ1) is 14.6. The van der Waals surface area contributed by atoms with Gasteiger partial charge in [0, 0.05) is 30.2 Å². The molecule has 4 heteroatoms. The molecule has 3 aromatic rings. The molecule has 0 saturated carbocycles. The molecule has 0 saturated heterocycles. The molecule has 0 fully saturated rings. The highest BCUT2D eigenvalue weighted by Gasteiger charge is 2.30. The molecule has 0 spiro atoms. The van der Waals surface area contributed by atoms with Gasteiger partial charge in [-0.05, 0) is 62.3 Å². The third-order valence-corrected chi connectivity index (χ3v) is 6.71. The number of hydrogen-bond donors (Lipinski definition) is 0. The van der Waals surface area contributed by atoms with E-state index in [-0.39, 0.29) is 6.04 Å². The van der Waals surface area contributed by atoms with Crippen LogP contribution < -0.4 is 9.64 Å². The van der Waals surface area contributed by atoms with E-state index in [2.05, 4.69) is 62.2 Å². The molecule has 1 atom stereocenters. The second kappa shape index (κ2) is 7.75. The maximum atomic E-state index is 5.89. The Kier molecular flexibility index (Phi) is 4.93. The number of para-hydroxylation sites is 1. The van der Waals surface area contributed by atoms with Crippen LogP contribution in [0.25, 0.3) is 11.3 Å². The fraction of sp³-hybridized carbons (Fsp3) is 0.385. The van der Waals surface area contributed by atoms with Crippen LogP contribution in [-0.2, 0) is 12.8 Å². The molecule has 1 aliphatic carbocycles. The van der Waals surface area contributed by atoms with Gasteiger partial charge in [0.2, 0.25) is 0 Å². The standard InChI is InChI=1S/C26H29N3O/c1-17-9-8-10-18(2)24(17)25-19-11-4-5-12-20(19)26(28-27-25)29(3)22-15-16-30-23-14-7-6-13-21(22)23/h6-10,13-14,22H,4-5,11-12,15-16H2,1-3H3. The lowest BCUT2D eigenvalue weighted by molar-refractivity contribution is 0.266. The first-order valence-electron chi connectivity index (χ1n) is 11.0. The SMILES string of the molecule is Cc1cccc(C)c1-c1nnc(N(C)C2CCOc3ccccc32)c2c1CCCC2. The molecular formula is C26H29N3O. The van der Waals surface area contributed by atoms with E-state index in [1.54, 1.807) is 0 Å². The molecule has 2 aromatic carbocycles. The van der Waals surface area contributed by atoms with Crippen LogP contribution in [0.2, 0.25) is 0 Å². The number of benzene rings is 2. The monoisotopic (exact) mass is 399 g/mol. The van der Waals surface area contributed by atoms with Gasteiger partial charge in [-0.3, -0.25) is 0 Å². The Bertz CT molecular complexity index is 1070. The van der Waals surface area contributed by atoms with Crippen molar-refractivity contribution in [1.29, 1.82) is 0 Å². The largest absolute Gasteiger partial charge is 0.493 e. The fourth-order valence-corrected chi connectivity index (χ4v) is 5.18. The summed E-state index contributed by atoms with van der Waals surface area (Å²) >= 11 is 0. The smallest absolute Gasteiger partial charge is 0.155 e. The van der Waals surface area contributed by atoms with E-state index in [0.29, 0.717) is 0 Å². The molecule has 1 aliphatic heterocycles. The summed E-state index contributed by atoms with van der Waals surface area (Å²) in [5.74, 6) is 2.04.